The van der Waals surface area contributed by atoms with Crippen molar-refractivity contribution in [1.82, 2.24) is 4.90 Å². The molecule has 0 aliphatic carbocycles. The van der Waals surface area contributed by atoms with Crippen LogP contribution in [0.15, 0.2) is 66.7 Å². The third-order valence-electron chi connectivity index (χ3n) is 6.34. The molecule has 164 valence electrons. The van der Waals surface area contributed by atoms with Crippen LogP contribution in [0.1, 0.15) is 29.5 Å². The van der Waals surface area contributed by atoms with Crippen LogP contribution in [0.4, 0.5) is 11.4 Å². The van der Waals surface area contributed by atoms with Crippen LogP contribution in [0, 0.1) is 0 Å². The standard InChI is InChI=1S/C25H23Cl2N3OS/c1-31-19-9-2-15(3-10-19)24-23-20(21-14-17(27)6-11-22(21)29-23)12-13-30(24)25(32)28-18-7-4-16(26)5-8-18/h2-11,14,20,23-24,29H,12-13H2,1H3,(H,28,32). The van der Waals surface area contributed by atoms with E-state index in [1.165, 1.54) is 11.1 Å². The van der Waals surface area contributed by atoms with E-state index in [4.69, 9.17) is 40.2 Å². The monoisotopic (exact) mass is 483 g/mol. The molecule has 0 spiro atoms. The summed E-state index contributed by atoms with van der Waals surface area (Å²) < 4.78 is 5.38. The van der Waals surface area contributed by atoms with Gasteiger partial charge < -0.3 is 20.3 Å². The molecule has 1 fully saturated rings. The summed E-state index contributed by atoms with van der Waals surface area (Å²) in [6.07, 6.45) is 0.986. The van der Waals surface area contributed by atoms with Crippen molar-refractivity contribution in [3.8, 4) is 5.75 Å². The smallest absolute Gasteiger partial charge is 0.174 e. The van der Waals surface area contributed by atoms with Crippen LogP contribution in [0.3, 0.4) is 0 Å². The molecule has 3 aromatic rings. The van der Waals surface area contributed by atoms with E-state index in [9.17, 15) is 0 Å². The van der Waals surface area contributed by atoms with Crippen LogP contribution in [-0.4, -0.2) is 29.7 Å². The number of fused-ring (bicyclic) bond motifs is 3. The first-order chi connectivity index (χ1) is 15.5. The first-order valence-corrected chi connectivity index (χ1v) is 11.7. The lowest BCUT2D eigenvalue weighted by Crippen LogP contribution is -2.50. The summed E-state index contributed by atoms with van der Waals surface area (Å²) in [5, 5.41) is 9.33. The fraction of sp³-hybridized carbons (Fsp3) is 0.240. The van der Waals surface area contributed by atoms with Gasteiger partial charge in [-0.25, -0.2) is 0 Å². The molecule has 0 bridgehead atoms. The van der Waals surface area contributed by atoms with Crippen LogP contribution in [0.2, 0.25) is 10.0 Å². The van der Waals surface area contributed by atoms with Gasteiger partial charge in [0.25, 0.3) is 0 Å². The minimum Gasteiger partial charge on any atom is -0.497 e. The molecule has 5 rings (SSSR count). The predicted octanol–water partition coefficient (Wildman–Crippen LogP) is 6.72. The quantitative estimate of drug-likeness (QED) is 0.404. The summed E-state index contributed by atoms with van der Waals surface area (Å²) in [7, 11) is 1.68. The predicted molar refractivity (Wildman–Crippen MR) is 136 cm³/mol. The lowest BCUT2D eigenvalue weighted by molar-refractivity contribution is 0.212. The zero-order chi connectivity index (χ0) is 22.2. The second kappa shape index (κ2) is 8.81. The van der Waals surface area contributed by atoms with Crippen molar-refractivity contribution in [2.24, 2.45) is 0 Å². The molecule has 2 aliphatic rings. The van der Waals surface area contributed by atoms with Crippen molar-refractivity contribution in [3.05, 3.63) is 87.9 Å². The molecule has 1 saturated heterocycles. The Hall–Kier alpha value is -2.47. The van der Waals surface area contributed by atoms with Gasteiger partial charge in [-0.1, -0.05) is 35.3 Å². The largest absolute Gasteiger partial charge is 0.497 e. The normalized spacial score (nSPS) is 21.3. The molecule has 2 heterocycles. The average Bonchev–Trinajstić information content (AvgIpc) is 3.18. The number of ether oxygens (including phenoxy) is 1. The van der Waals surface area contributed by atoms with E-state index in [0.29, 0.717) is 16.1 Å². The van der Waals surface area contributed by atoms with Crippen LogP contribution in [0.5, 0.6) is 5.75 Å². The number of methoxy groups -OCH3 is 1. The molecule has 3 aromatic carbocycles. The number of benzene rings is 3. The molecule has 0 aromatic heterocycles. The van der Waals surface area contributed by atoms with E-state index >= 15 is 0 Å². The Morgan fingerprint density at radius 3 is 2.47 bits per heavy atom. The molecule has 0 radical (unpaired) electrons. The fourth-order valence-electron chi connectivity index (χ4n) is 4.84. The highest BCUT2D eigenvalue weighted by Crippen LogP contribution is 2.48. The van der Waals surface area contributed by atoms with Crippen LogP contribution in [-0.2, 0) is 0 Å². The Balaban J connectivity index is 1.48. The Labute approximate surface area is 203 Å². The van der Waals surface area contributed by atoms with Crippen LogP contribution >= 0.6 is 35.4 Å². The lowest BCUT2D eigenvalue weighted by Gasteiger charge is -2.44. The van der Waals surface area contributed by atoms with E-state index in [0.717, 1.165) is 35.1 Å². The topological polar surface area (TPSA) is 36.5 Å². The number of thiocarbonyl (C=S) groups is 1. The third-order valence-corrected chi connectivity index (χ3v) is 7.16. The van der Waals surface area contributed by atoms with Crippen molar-refractivity contribution >= 4 is 51.9 Å². The number of nitrogens with one attached hydrogen (secondary N) is 2. The van der Waals surface area contributed by atoms with Crippen LogP contribution < -0.4 is 15.4 Å². The highest BCUT2D eigenvalue weighted by atomic mass is 35.5. The number of likely N-dealkylation sites (tertiary alicyclic amines) is 1. The van der Waals surface area contributed by atoms with Gasteiger partial charge in [-0.3, -0.25) is 0 Å². The Bertz CT molecular complexity index is 1140. The van der Waals surface area contributed by atoms with Gasteiger partial charge in [0.15, 0.2) is 5.11 Å². The number of anilines is 2. The first-order valence-electron chi connectivity index (χ1n) is 10.6. The average molecular weight is 484 g/mol. The molecule has 2 aliphatic heterocycles. The van der Waals surface area contributed by atoms with E-state index in [1.54, 1.807) is 7.11 Å². The minimum absolute atomic E-state index is 0.0538. The fourth-order valence-corrected chi connectivity index (χ4v) is 5.46. The van der Waals surface area contributed by atoms with Gasteiger partial charge in [0.05, 0.1) is 19.2 Å². The zero-order valence-corrected chi connectivity index (χ0v) is 19.8. The van der Waals surface area contributed by atoms with Crippen molar-refractivity contribution in [2.75, 3.05) is 24.3 Å². The summed E-state index contributed by atoms with van der Waals surface area (Å²) in [5.41, 5.74) is 4.55. The van der Waals surface area contributed by atoms with Gasteiger partial charge in [-0.05, 0) is 84.4 Å². The van der Waals surface area contributed by atoms with Crippen molar-refractivity contribution < 1.29 is 4.74 Å². The number of rotatable bonds is 3. The van der Waals surface area contributed by atoms with Crippen molar-refractivity contribution in [2.45, 2.75) is 24.4 Å². The van der Waals surface area contributed by atoms with Gasteiger partial charge >= 0.3 is 0 Å². The zero-order valence-electron chi connectivity index (χ0n) is 17.5. The van der Waals surface area contributed by atoms with Gasteiger partial charge in [0.2, 0.25) is 0 Å². The summed E-state index contributed by atoms with van der Waals surface area (Å²) in [5.74, 6) is 1.20. The molecule has 0 saturated carbocycles. The summed E-state index contributed by atoms with van der Waals surface area (Å²) >= 11 is 18.3. The summed E-state index contributed by atoms with van der Waals surface area (Å²) in [6, 6.07) is 22.2. The maximum absolute atomic E-state index is 6.33. The van der Waals surface area contributed by atoms with Gasteiger partial charge in [0, 0.05) is 33.9 Å². The Kier molecular flexibility index (Phi) is 5.89. The molecule has 32 heavy (non-hydrogen) atoms. The van der Waals surface area contributed by atoms with Gasteiger partial charge in [-0.15, -0.1) is 0 Å². The maximum atomic E-state index is 6.33. The first kappa shape index (κ1) is 21.4. The highest BCUT2D eigenvalue weighted by molar-refractivity contribution is 7.80. The third kappa shape index (κ3) is 4.01. The van der Waals surface area contributed by atoms with E-state index in [1.807, 2.05) is 42.5 Å². The number of hydrogen-bond donors (Lipinski definition) is 2. The number of halogens is 2. The van der Waals surface area contributed by atoms with Crippen molar-refractivity contribution in [3.63, 3.8) is 0 Å². The van der Waals surface area contributed by atoms with Crippen LogP contribution in [0.25, 0.3) is 0 Å². The van der Waals surface area contributed by atoms with Crippen molar-refractivity contribution in [1.29, 1.82) is 0 Å². The molecule has 4 nitrogen and oxygen atoms in total. The van der Waals surface area contributed by atoms with E-state index < -0.39 is 0 Å². The Morgan fingerprint density at radius 1 is 1.03 bits per heavy atom. The van der Waals surface area contributed by atoms with E-state index in [-0.39, 0.29) is 12.1 Å². The number of piperidine rings is 1. The summed E-state index contributed by atoms with van der Waals surface area (Å²) in [4.78, 5) is 2.29. The lowest BCUT2D eigenvalue weighted by atomic mass is 9.81. The molecule has 3 unspecified atom stereocenters. The van der Waals surface area contributed by atoms with Gasteiger partial charge in [0.1, 0.15) is 5.75 Å². The molecular formula is C25H23Cl2N3OS. The number of hydrogen-bond acceptors (Lipinski definition) is 3. The van der Waals surface area contributed by atoms with E-state index in [2.05, 4.69) is 39.8 Å². The minimum atomic E-state index is 0.0538. The maximum Gasteiger partial charge on any atom is 0.174 e. The molecule has 3 atom stereocenters. The molecular weight excluding hydrogens is 461 g/mol. The molecule has 0 amide bonds. The second-order valence-electron chi connectivity index (χ2n) is 8.15. The van der Waals surface area contributed by atoms with Gasteiger partial charge in [-0.2, -0.15) is 0 Å². The summed E-state index contributed by atoms with van der Waals surface area (Å²) in [6.45, 7) is 0.838. The second-order valence-corrected chi connectivity index (χ2v) is 9.40. The Morgan fingerprint density at radius 2 is 1.75 bits per heavy atom. The molecule has 2 N–H and O–H groups in total. The molecule has 7 heteroatoms. The highest BCUT2D eigenvalue weighted by Gasteiger charge is 2.45. The number of nitrogens with zero attached hydrogens (tertiary/aromatic N) is 1. The SMILES string of the molecule is COc1ccc(C2C3Nc4ccc(Cl)cc4C3CCN2C(=S)Nc2ccc(Cl)cc2)cc1.